The highest BCUT2D eigenvalue weighted by Crippen LogP contribution is 2.31. The number of amides is 2. The number of benzene rings is 1. The average Bonchev–Trinajstić information content (AvgIpc) is 2.94. The molecule has 6 heteroatoms. The second kappa shape index (κ2) is 6.22. The van der Waals surface area contributed by atoms with Gasteiger partial charge in [0.25, 0.3) is 0 Å². The highest BCUT2D eigenvalue weighted by Gasteiger charge is 2.40. The molecule has 2 saturated heterocycles. The number of piperidine rings is 1. The van der Waals surface area contributed by atoms with Crippen molar-refractivity contribution < 1.29 is 14.3 Å². The quantitative estimate of drug-likeness (QED) is 0.912. The van der Waals surface area contributed by atoms with Crippen LogP contribution in [0.15, 0.2) is 24.3 Å². The molecular weight excluding hydrogens is 292 g/mol. The number of hydrogen-bond acceptors (Lipinski definition) is 3. The maximum atomic E-state index is 12.2. The minimum absolute atomic E-state index is 0.0529. The summed E-state index contributed by atoms with van der Waals surface area (Å²) in [5.41, 5.74) is 0.992. The molecular formula is C15H19ClN2O3. The largest absolute Gasteiger partial charge is 0.347 e. The number of carbonyl (C=O) groups is 1. The Morgan fingerprint density at radius 2 is 2.00 bits per heavy atom. The van der Waals surface area contributed by atoms with Gasteiger partial charge in [0, 0.05) is 37.5 Å². The maximum absolute atomic E-state index is 12.2. The van der Waals surface area contributed by atoms with Crippen LogP contribution in [0.4, 0.5) is 4.79 Å². The summed E-state index contributed by atoms with van der Waals surface area (Å²) in [7, 11) is 0. The number of likely N-dealkylation sites (tertiary alicyclic amines) is 1. The Morgan fingerprint density at radius 1 is 1.29 bits per heavy atom. The zero-order chi connectivity index (χ0) is 14.7. The SMILES string of the molecule is O=C(NCc1cccc(Cl)c1)N1CCC2(CC1)OCCO2. The number of urea groups is 1. The highest BCUT2D eigenvalue weighted by molar-refractivity contribution is 6.30. The van der Waals surface area contributed by atoms with Crippen LogP contribution >= 0.6 is 11.6 Å². The molecule has 2 fully saturated rings. The lowest BCUT2D eigenvalue weighted by Crippen LogP contribution is -2.50. The molecule has 3 rings (SSSR count). The molecule has 1 spiro atoms. The van der Waals surface area contributed by atoms with Gasteiger partial charge in [0.2, 0.25) is 0 Å². The summed E-state index contributed by atoms with van der Waals surface area (Å²) in [6, 6.07) is 7.44. The first-order valence-electron chi connectivity index (χ1n) is 7.22. The van der Waals surface area contributed by atoms with Gasteiger partial charge in [-0.05, 0) is 17.7 Å². The van der Waals surface area contributed by atoms with Crippen LogP contribution in [0, 0.1) is 0 Å². The van der Waals surface area contributed by atoms with Crippen molar-refractivity contribution >= 4 is 17.6 Å². The Bertz CT molecular complexity index is 507. The molecule has 0 bridgehead atoms. The van der Waals surface area contributed by atoms with Crippen molar-refractivity contribution in [2.45, 2.75) is 25.2 Å². The minimum atomic E-state index is -0.441. The van der Waals surface area contributed by atoms with Gasteiger partial charge in [-0.1, -0.05) is 23.7 Å². The summed E-state index contributed by atoms with van der Waals surface area (Å²) in [6.45, 7) is 3.10. The van der Waals surface area contributed by atoms with Crippen molar-refractivity contribution in [3.8, 4) is 0 Å². The number of nitrogens with zero attached hydrogens (tertiary/aromatic N) is 1. The molecule has 0 unspecified atom stereocenters. The Kier molecular flexibility index (Phi) is 4.33. The average molecular weight is 311 g/mol. The first-order chi connectivity index (χ1) is 10.2. The molecule has 2 aliphatic rings. The van der Waals surface area contributed by atoms with Crippen LogP contribution in [0.3, 0.4) is 0 Å². The lowest BCUT2D eigenvalue weighted by atomic mass is 10.0. The van der Waals surface area contributed by atoms with E-state index in [0.29, 0.717) is 37.9 Å². The number of carbonyl (C=O) groups excluding carboxylic acids is 1. The van der Waals surface area contributed by atoms with E-state index >= 15 is 0 Å². The van der Waals surface area contributed by atoms with Crippen LogP contribution < -0.4 is 5.32 Å². The predicted octanol–water partition coefficient (Wildman–Crippen LogP) is 2.39. The molecule has 114 valence electrons. The predicted molar refractivity (Wildman–Crippen MR) is 79.1 cm³/mol. The monoisotopic (exact) mass is 310 g/mol. The number of ether oxygens (including phenoxy) is 2. The lowest BCUT2D eigenvalue weighted by molar-refractivity contribution is -0.181. The van der Waals surface area contributed by atoms with E-state index in [4.69, 9.17) is 21.1 Å². The Balaban J connectivity index is 1.48. The molecule has 0 saturated carbocycles. The smallest absolute Gasteiger partial charge is 0.317 e. The van der Waals surface area contributed by atoms with Crippen molar-refractivity contribution in [1.29, 1.82) is 0 Å². The second-order valence-electron chi connectivity index (χ2n) is 5.38. The maximum Gasteiger partial charge on any atom is 0.317 e. The van der Waals surface area contributed by atoms with Gasteiger partial charge in [0.1, 0.15) is 0 Å². The van der Waals surface area contributed by atoms with Crippen LogP contribution in [0.25, 0.3) is 0 Å². The van der Waals surface area contributed by atoms with Crippen LogP contribution in [0.1, 0.15) is 18.4 Å². The van der Waals surface area contributed by atoms with E-state index in [1.165, 1.54) is 0 Å². The number of halogens is 1. The zero-order valence-corrected chi connectivity index (χ0v) is 12.6. The summed E-state index contributed by atoms with van der Waals surface area (Å²) in [4.78, 5) is 14.0. The third kappa shape index (κ3) is 3.48. The van der Waals surface area contributed by atoms with Crippen LogP contribution in [0.2, 0.25) is 5.02 Å². The van der Waals surface area contributed by atoms with Gasteiger partial charge >= 0.3 is 6.03 Å². The van der Waals surface area contributed by atoms with Crippen LogP contribution in [-0.4, -0.2) is 43.0 Å². The molecule has 2 amide bonds. The van der Waals surface area contributed by atoms with Gasteiger partial charge in [-0.25, -0.2) is 4.79 Å². The fourth-order valence-corrected chi connectivity index (χ4v) is 2.99. The third-order valence-electron chi connectivity index (χ3n) is 3.96. The molecule has 1 aromatic carbocycles. The number of hydrogen-bond donors (Lipinski definition) is 1. The van der Waals surface area contributed by atoms with E-state index in [2.05, 4.69) is 5.32 Å². The Labute approximate surface area is 129 Å². The molecule has 0 aromatic heterocycles. The first-order valence-corrected chi connectivity index (χ1v) is 7.60. The number of nitrogens with one attached hydrogen (secondary N) is 1. The second-order valence-corrected chi connectivity index (χ2v) is 5.82. The van der Waals surface area contributed by atoms with Crippen LogP contribution in [0.5, 0.6) is 0 Å². The van der Waals surface area contributed by atoms with E-state index in [1.807, 2.05) is 24.3 Å². The molecule has 21 heavy (non-hydrogen) atoms. The van der Waals surface area contributed by atoms with Crippen LogP contribution in [-0.2, 0) is 16.0 Å². The Hall–Kier alpha value is -1.30. The van der Waals surface area contributed by atoms with E-state index in [9.17, 15) is 4.79 Å². The van der Waals surface area contributed by atoms with Crippen molar-refractivity contribution in [2.24, 2.45) is 0 Å². The third-order valence-corrected chi connectivity index (χ3v) is 4.19. The summed E-state index contributed by atoms with van der Waals surface area (Å²) in [5, 5.41) is 3.60. The molecule has 0 atom stereocenters. The van der Waals surface area contributed by atoms with Crippen molar-refractivity contribution in [2.75, 3.05) is 26.3 Å². The van der Waals surface area contributed by atoms with Gasteiger partial charge in [-0.3, -0.25) is 0 Å². The fraction of sp³-hybridized carbons (Fsp3) is 0.533. The van der Waals surface area contributed by atoms with E-state index in [0.717, 1.165) is 18.4 Å². The Morgan fingerprint density at radius 3 is 2.67 bits per heavy atom. The molecule has 1 aromatic rings. The van der Waals surface area contributed by atoms with E-state index in [-0.39, 0.29) is 6.03 Å². The first kappa shape index (κ1) is 14.6. The van der Waals surface area contributed by atoms with Gasteiger partial charge in [0.05, 0.1) is 13.2 Å². The molecule has 2 heterocycles. The summed E-state index contributed by atoms with van der Waals surface area (Å²) >= 11 is 5.93. The van der Waals surface area contributed by atoms with Gasteiger partial charge in [-0.15, -0.1) is 0 Å². The molecule has 0 radical (unpaired) electrons. The highest BCUT2D eigenvalue weighted by atomic mass is 35.5. The van der Waals surface area contributed by atoms with Gasteiger partial charge in [0.15, 0.2) is 5.79 Å². The zero-order valence-electron chi connectivity index (χ0n) is 11.8. The molecule has 2 aliphatic heterocycles. The molecule has 1 N–H and O–H groups in total. The minimum Gasteiger partial charge on any atom is -0.347 e. The van der Waals surface area contributed by atoms with Gasteiger partial charge < -0.3 is 19.7 Å². The van der Waals surface area contributed by atoms with Crippen molar-refractivity contribution in [3.63, 3.8) is 0 Å². The lowest BCUT2D eigenvalue weighted by Gasteiger charge is -2.37. The number of rotatable bonds is 2. The van der Waals surface area contributed by atoms with Crippen molar-refractivity contribution in [1.82, 2.24) is 10.2 Å². The standard InChI is InChI=1S/C15H19ClN2O3/c16-13-3-1-2-12(10-13)11-17-14(19)18-6-4-15(5-7-18)20-8-9-21-15/h1-3,10H,4-9,11H2,(H,17,19). The topological polar surface area (TPSA) is 50.8 Å². The van der Waals surface area contributed by atoms with E-state index in [1.54, 1.807) is 4.90 Å². The summed E-state index contributed by atoms with van der Waals surface area (Å²) in [5.74, 6) is -0.441. The van der Waals surface area contributed by atoms with Gasteiger partial charge in [-0.2, -0.15) is 0 Å². The van der Waals surface area contributed by atoms with E-state index < -0.39 is 5.79 Å². The fourth-order valence-electron chi connectivity index (χ4n) is 2.77. The summed E-state index contributed by atoms with van der Waals surface area (Å²) < 4.78 is 11.3. The molecule has 5 nitrogen and oxygen atoms in total. The van der Waals surface area contributed by atoms with Crippen molar-refractivity contribution in [3.05, 3.63) is 34.9 Å². The summed E-state index contributed by atoms with van der Waals surface area (Å²) in [6.07, 6.45) is 1.47. The normalized spacial score (nSPS) is 20.7. The molecule has 0 aliphatic carbocycles.